The van der Waals surface area contributed by atoms with E-state index in [4.69, 9.17) is 21.1 Å². The van der Waals surface area contributed by atoms with E-state index in [9.17, 15) is 14.4 Å². The molecule has 33 heavy (non-hydrogen) atoms. The van der Waals surface area contributed by atoms with Gasteiger partial charge in [0.05, 0.1) is 32.1 Å². The van der Waals surface area contributed by atoms with E-state index in [2.05, 4.69) is 20.9 Å². The van der Waals surface area contributed by atoms with Crippen molar-refractivity contribution in [1.82, 2.24) is 15.5 Å². The molecule has 3 amide bonds. The number of methoxy groups -OCH3 is 1. The Morgan fingerprint density at radius 1 is 1.12 bits per heavy atom. The van der Waals surface area contributed by atoms with Crippen molar-refractivity contribution in [3.05, 3.63) is 58.6 Å². The summed E-state index contributed by atoms with van der Waals surface area (Å²) in [7, 11) is 2.93. The van der Waals surface area contributed by atoms with Gasteiger partial charge in [0.25, 0.3) is 5.91 Å². The van der Waals surface area contributed by atoms with Gasteiger partial charge in [-0.15, -0.1) is 0 Å². The van der Waals surface area contributed by atoms with Crippen LogP contribution in [0.1, 0.15) is 22.0 Å². The predicted molar refractivity (Wildman–Crippen MR) is 125 cm³/mol. The van der Waals surface area contributed by atoms with Crippen molar-refractivity contribution in [1.29, 1.82) is 0 Å². The van der Waals surface area contributed by atoms with Gasteiger partial charge in [0.1, 0.15) is 5.75 Å². The molecule has 2 aromatic carbocycles. The third-order valence-electron chi connectivity index (χ3n) is 5.35. The van der Waals surface area contributed by atoms with Crippen LogP contribution in [0.2, 0.25) is 5.02 Å². The number of halogens is 1. The first-order valence-electron chi connectivity index (χ1n) is 10.5. The van der Waals surface area contributed by atoms with Gasteiger partial charge in [-0.25, -0.2) is 0 Å². The molecule has 3 rings (SSSR count). The van der Waals surface area contributed by atoms with Crippen LogP contribution in [-0.2, 0) is 14.3 Å². The lowest BCUT2D eigenvalue weighted by molar-refractivity contribution is -0.136. The smallest absolute Gasteiger partial charge is 0.313 e. The molecule has 0 spiro atoms. The molecule has 1 atom stereocenters. The van der Waals surface area contributed by atoms with E-state index in [0.29, 0.717) is 42.6 Å². The van der Waals surface area contributed by atoms with Gasteiger partial charge in [0, 0.05) is 37.3 Å². The molecule has 1 heterocycles. The number of hydrogen-bond acceptors (Lipinski definition) is 6. The Morgan fingerprint density at radius 2 is 1.85 bits per heavy atom. The summed E-state index contributed by atoms with van der Waals surface area (Å²) in [6.07, 6.45) is 0. The number of rotatable bonds is 7. The number of anilines is 1. The van der Waals surface area contributed by atoms with Gasteiger partial charge < -0.3 is 25.4 Å². The van der Waals surface area contributed by atoms with Crippen LogP contribution in [0.15, 0.2) is 42.5 Å². The largest absolute Gasteiger partial charge is 0.495 e. The molecule has 2 aromatic rings. The lowest BCUT2D eigenvalue weighted by atomic mass is 10.0. The SMILES string of the molecule is CNC(=O)c1ccc(OC)c(NC(=O)C(=O)NCC(c2ccccc2Cl)N2CCOCC2)c1. The van der Waals surface area contributed by atoms with Crippen molar-refractivity contribution in [3.8, 4) is 5.75 Å². The molecule has 1 saturated heterocycles. The Labute approximate surface area is 197 Å². The Balaban J connectivity index is 1.71. The Bertz CT molecular complexity index is 1010. The Morgan fingerprint density at radius 3 is 2.52 bits per heavy atom. The molecule has 1 unspecified atom stereocenters. The van der Waals surface area contributed by atoms with Crippen molar-refractivity contribution in [2.24, 2.45) is 0 Å². The van der Waals surface area contributed by atoms with Gasteiger partial charge in [-0.2, -0.15) is 0 Å². The number of nitrogens with one attached hydrogen (secondary N) is 3. The molecule has 176 valence electrons. The second-order valence-electron chi connectivity index (χ2n) is 7.34. The second kappa shape index (κ2) is 11.6. The predicted octanol–water partition coefficient (Wildman–Crippen LogP) is 1.84. The number of nitrogens with zero attached hydrogens (tertiary/aromatic N) is 1. The summed E-state index contributed by atoms with van der Waals surface area (Å²) in [6.45, 7) is 2.71. The summed E-state index contributed by atoms with van der Waals surface area (Å²) in [4.78, 5) is 39.3. The first kappa shape index (κ1) is 24.5. The fourth-order valence-corrected chi connectivity index (χ4v) is 3.87. The fourth-order valence-electron chi connectivity index (χ4n) is 3.61. The van der Waals surface area contributed by atoms with Crippen LogP contribution in [0, 0.1) is 0 Å². The van der Waals surface area contributed by atoms with Crippen molar-refractivity contribution >= 4 is 35.0 Å². The van der Waals surface area contributed by atoms with Crippen molar-refractivity contribution in [3.63, 3.8) is 0 Å². The topological polar surface area (TPSA) is 109 Å². The summed E-state index contributed by atoms with van der Waals surface area (Å²) in [6, 6.07) is 11.8. The van der Waals surface area contributed by atoms with Crippen LogP contribution >= 0.6 is 11.6 Å². The zero-order valence-corrected chi connectivity index (χ0v) is 19.3. The van der Waals surface area contributed by atoms with Gasteiger partial charge in [-0.3, -0.25) is 19.3 Å². The number of amides is 3. The summed E-state index contributed by atoms with van der Waals surface area (Å²) in [5.74, 6) is -1.69. The van der Waals surface area contributed by atoms with E-state index >= 15 is 0 Å². The highest BCUT2D eigenvalue weighted by Crippen LogP contribution is 2.28. The van der Waals surface area contributed by atoms with E-state index in [1.807, 2.05) is 18.2 Å². The number of carbonyl (C=O) groups excluding carboxylic acids is 3. The lowest BCUT2D eigenvalue weighted by Crippen LogP contribution is -2.45. The van der Waals surface area contributed by atoms with Crippen LogP contribution in [0.3, 0.4) is 0 Å². The van der Waals surface area contributed by atoms with Crippen LogP contribution < -0.4 is 20.7 Å². The molecule has 1 aliphatic rings. The molecule has 10 heteroatoms. The van der Waals surface area contributed by atoms with E-state index in [1.54, 1.807) is 18.2 Å². The van der Waals surface area contributed by atoms with E-state index in [1.165, 1.54) is 20.2 Å². The van der Waals surface area contributed by atoms with Crippen molar-refractivity contribution < 1.29 is 23.9 Å². The highest BCUT2D eigenvalue weighted by atomic mass is 35.5. The van der Waals surface area contributed by atoms with Gasteiger partial charge in [-0.05, 0) is 29.8 Å². The minimum Gasteiger partial charge on any atom is -0.495 e. The Hall–Kier alpha value is -3.14. The molecule has 9 nitrogen and oxygen atoms in total. The minimum atomic E-state index is -0.873. The van der Waals surface area contributed by atoms with Crippen LogP contribution in [0.4, 0.5) is 5.69 Å². The molecule has 0 aliphatic carbocycles. The maximum absolute atomic E-state index is 12.6. The molecule has 0 bridgehead atoms. The quantitative estimate of drug-likeness (QED) is 0.528. The fraction of sp³-hybridized carbons (Fsp3) is 0.348. The van der Waals surface area contributed by atoms with Gasteiger partial charge in [0.2, 0.25) is 0 Å². The molecular weight excluding hydrogens is 448 g/mol. The molecule has 0 radical (unpaired) electrons. The maximum atomic E-state index is 12.6. The average molecular weight is 475 g/mol. The van der Waals surface area contributed by atoms with E-state index in [-0.39, 0.29) is 24.2 Å². The van der Waals surface area contributed by atoms with Gasteiger partial charge in [0.15, 0.2) is 0 Å². The first-order chi connectivity index (χ1) is 15.9. The number of hydrogen-bond donors (Lipinski definition) is 3. The summed E-state index contributed by atoms with van der Waals surface area (Å²) >= 11 is 6.41. The zero-order valence-electron chi connectivity index (χ0n) is 18.5. The highest BCUT2D eigenvalue weighted by Gasteiger charge is 2.26. The molecule has 0 saturated carbocycles. The van der Waals surface area contributed by atoms with Gasteiger partial charge >= 0.3 is 11.8 Å². The maximum Gasteiger partial charge on any atom is 0.313 e. The van der Waals surface area contributed by atoms with Crippen LogP contribution in [0.5, 0.6) is 5.75 Å². The van der Waals surface area contributed by atoms with E-state index in [0.717, 1.165) is 5.56 Å². The molecule has 1 aliphatic heterocycles. The standard InChI is InChI=1S/C23H27ClN4O5/c1-25-21(29)15-7-8-20(32-2)18(13-15)27-23(31)22(30)26-14-19(28-9-11-33-12-10-28)16-5-3-4-6-17(16)24/h3-8,13,19H,9-12,14H2,1-2H3,(H,25,29)(H,26,30)(H,27,31). The number of carbonyl (C=O) groups is 3. The van der Waals surface area contributed by atoms with Crippen molar-refractivity contribution in [2.45, 2.75) is 6.04 Å². The van der Waals surface area contributed by atoms with E-state index < -0.39 is 11.8 Å². The molecular formula is C23H27ClN4O5. The zero-order chi connectivity index (χ0) is 23.8. The number of benzene rings is 2. The normalized spacial score (nSPS) is 14.8. The Kier molecular flexibility index (Phi) is 8.65. The highest BCUT2D eigenvalue weighted by molar-refractivity contribution is 6.39. The van der Waals surface area contributed by atoms with Gasteiger partial charge in [-0.1, -0.05) is 29.8 Å². The molecule has 1 fully saturated rings. The third-order valence-corrected chi connectivity index (χ3v) is 5.69. The minimum absolute atomic E-state index is 0.186. The summed E-state index contributed by atoms with van der Waals surface area (Å²) in [5.41, 5.74) is 1.40. The van der Waals surface area contributed by atoms with Crippen LogP contribution in [-0.4, -0.2) is 69.6 Å². The second-order valence-corrected chi connectivity index (χ2v) is 7.75. The molecule has 3 N–H and O–H groups in total. The number of ether oxygens (including phenoxy) is 2. The summed E-state index contributed by atoms with van der Waals surface area (Å²) in [5, 5.41) is 8.32. The average Bonchev–Trinajstić information content (AvgIpc) is 2.85. The summed E-state index contributed by atoms with van der Waals surface area (Å²) < 4.78 is 10.7. The monoisotopic (exact) mass is 474 g/mol. The van der Waals surface area contributed by atoms with Crippen molar-refractivity contribution in [2.75, 3.05) is 52.3 Å². The van der Waals surface area contributed by atoms with Crippen LogP contribution in [0.25, 0.3) is 0 Å². The number of morpholine rings is 1. The lowest BCUT2D eigenvalue weighted by Gasteiger charge is -2.35. The first-order valence-corrected chi connectivity index (χ1v) is 10.9. The molecule has 0 aromatic heterocycles. The third kappa shape index (κ3) is 6.22.